The predicted molar refractivity (Wildman–Crippen MR) is 131 cm³/mol. The van der Waals surface area contributed by atoms with Gasteiger partial charge in [-0.25, -0.2) is 9.59 Å². The van der Waals surface area contributed by atoms with Crippen LogP contribution in [0, 0.1) is 28.6 Å². The highest BCUT2D eigenvalue weighted by Gasteiger charge is 2.70. The number of ether oxygens (including phenoxy) is 4. The number of carbonyl (C=O) groups excluding carboxylic acids is 4. The van der Waals surface area contributed by atoms with E-state index in [1.54, 1.807) is 19.1 Å². The normalized spacial score (nSPS) is 38.0. The molecule has 7 atom stereocenters. The van der Waals surface area contributed by atoms with Crippen molar-refractivity contribution >= 4 is 23.9 Å². The Bertz CT molecular complexity index is 1020. The van der Waals surface area contributed by atoms with Crippen molar-refractivity contribution in [3.05, 3.63) is 23.8 Å². The van der Waals surface area contributed by atoms with Gasteiger partial charge in [0.1, 0.15) is 0 Å². The molecule has 0 bridgehead atoms. The number of hydrogen-bond acceptors (Lipinski definition) is 9. The fraction of sp³-hybridized carbons (Fsp3) is 0.714. The Labute approximate surface area is 217 Å². The van der Waals surface area contributed by atoms with Gasteiger partial charge in [0.2, 0.25) is 5.78 Å². The van der Waals surface area contributed by atoms with Gasteiger partial charge >= 0.3 is 12.3 Å². The first-order valence-electron chi connectivity index (χ1n) is 13.3. The highest BCUT2D eigenvalue weighted by Crippen LogP contribution is 2.68. The first-order valence-corrected chi connectivity index (χ1v) is 13.3. The molecule has 0 aromatic carbocycles. The van der Waals surface area contributed by atoms with Gasteiger partial charge in [0.25, 0.3) is 0 Å². The van der Waals surface area contributed by atoms with Crippen molar-refractivity contribution in [2.45, 2.75) is 77.9 Å². The molecule has 0 spiro atoms. The summed E-state index contributed by atoms with van der Waals surface area (Å²) < 4.78 is 20.9. The molecule has 0 saturated heterocycles. The smallest absolute Gasteiger partial charge is 0.435 e. The molecule has 4 rings (SSSR count). The number of ketones is 2. The number of rotatable bonds is 7. The van der Waals surface area contributed by atoms with Crippen LogP contribution in [0.15, 0.2) is 23.8 Å². The topological polar surface area (TPSA) is 125 Å². The van der Waals surface area contributed by atoms with E-state index in [4.69, 9.17) is 18.9 Å². The molecule has 204 valence electrons. The highest BCUT2D eigenvalue weighted by atomic mass is 16.7. The van der Waals surface area contributed by atoms with E-state index in [2.05, 4.69) is 6.92 Å². The van der Waals surface area contributed by atoms with Gasteiger partial charge in [-0.1, -0.05) is 32.4 Å². The lowest BCUT2D eigenvalue weighted by Gasteiger charge is -2.59. The lowest BCUT2D eigenvalue weighted by Crippen LogP contribution is -2.63. The molecule has 0 radical (unpaired) electrons. The Morgan fingerprint density at radius 2 is 1.84 bits per heavy atom. The van der Waals surface area contributed by atoms with Gasteiger partial charge in [-0.2, -0.15) is 0 Å². The molecule has 4 aliphatic rings. The second-order valence-corrected chi connectivity index (χ2v) is 11.2. The summed E-state index contributed by atoms with van der Waals surface area (Å²) in [6.45, 7) is 7.09. The zero-order valence-electron chi connectivity index (χ0n) is 22.1. The van der Waals surface area contributed by atoms with Crippen molar-refractivity contribution in [3.8, 4) is 0 Å². The van der Waals surface area contributed by atoms with Gasteiger partial charge in [-0.15, -0.1) is 0 Å². The van der Waals surface area contributed by atoms with Gasteiger partial charge in [-0.05, 0) is 69.4 Å². The summed E-state index contributed by atoms with van der Waals surface area (Å²) in [5.74, 6) is -0.702. The molecule has 1 N–H and O–H groups in total. The molecule has 1 unspecified atom stereocenters. The number of aliphatic hydroxyl groups is 1. The monoisotopic (exact) mass is 518 g/mol. The van der Waals surface area contributed by atoms with Crippen molar-refractivity contribution in [2.24, 2.45) is 28.6 Å². The fourth-order valence-corrected chi connectivity index (χ4v) is 7.75. The van der Waals surface area contributed by atoms with Crippen LogP contribution in [-0.2, 0) is 28.5 Å². The van der Waals surface area contributed by atoms with Gasteiger partial charge in [0, 0.05) is 16.7 Å². The summed E-state index contributed by atoms with van der Waals surface area (Å²) in [6.07, 6.45) is 5.61. The molecule has 0 heterocycles. The maximum absolute atomic E-state index is 13.7. The highest BCUT2D eigenvalue weighted by molar-refractivity contribution is 6.01. The zero-order valence-corrected chi connectivity index (χ0v) is 22.1. The number of aliphatic hydroxyl groups excluding tert-OH is 1. The van der Waals surface area contributed by atoms with Crippen molar-refractivity contribution < 1.29 is 43.2 Å². The van der Waals surface area contributed by atoms with Crippen LogP contribution in [0.1, 0.15) is 66.2 Å². The molecule has 0 aliphatic heterocycles. The summed E-state index contributed by atoms with van der Waals surface area (Å²) in [6, 6.07) is 0. The molecule has 3 saturated carbocycles. The SMILES string of the molecule is CCCOC(=O)O[C@]1(C(=O)COC(=O)OCC)CC[C@H]2[C@@H]3CCC4=CC(=O)C=C[C@]4(C)[C@H]3C(O)C[C@@]21C. The van der Waals surface area contributed by atoms with Gasteiger partial charge < -0.3 is 24.1 Å². The zero-order chi connectivity index (χ0) is 27.0. The minimum absolute atomic E-state index is 0.0316. The molecule has 0 aromatic heterocycles. The number of fused-ring (bicyclic) bond motifs is 5. The molecule has 9 heteroatoms. The van der Waals surface area contributed by atoms with Crippen LogP contribution in [0.3, 0.4) is 0 Å². The third-order valence-corrected chi connectivity index (χ3v) is 9.33. The van der Waals surface area contributed by atoms with E-state index in [0.717, 1.165) is 18.4 Å². The predicted octanol–water partition coefficient (Wildman–Crippen LogP) is 4.31. The summed E-state index contributed by atoms with van der Waals surface area (Å²) >= 11 is 0. The maximum Gasteiger partial charge on any atom is 0.509 e. The fourth-order valence-electron chi connectivity index (χ4n) is 7.75. The molecule has 9 nitrogen and oxygen atoms in total. The van der Waals surface area contributed by atoms with Crippen LogP contribution in [0.25, 0.3) is 0 Å². The maximum atomic E-state index is 13.7. The van der Waals surface area contributed by atoms with Crippen molar-refractivity contribution in [1.82, 2.24) is 0 Å². The van der Waals surface area contributed by atoms with E-state index in [1.807, 2.05) is 19.9 Å². The van der Waals surface area contributed by atoms with Crippen LogP contribution >= 0.6 is 0 Å². The largest absolute Gasteiger partial charge is 0.509 e. The average Bonchev–Trinajstić information content (AvgIpc) is 3.13. The van der Waals surface area contributed by atoms with Crippen LogP contribution in [0.2, 0.25) is 0 Å². The quantitative estimate of drug-likeness (QED) is 0.491. The summed E-state index contributed by atoms with van der Waals surface area (Å²) in [7, 11) is 0. The third kappa shape index (κ3) is 4.49. The second kappa shape index (κ2) is 10.2. The first kappa shape index (κ1) is 27.4. The first-order chi connectivity index (χ1) is 17.5. The van der Waals surface area contributed by atoms with E-state index in [1.165, 1.54) is 0 Å². The van der Waals surface area contributed by atoms with Crippen LogP contribution in [0.4, 0.5) is 9.59 Å². The summed E-state index contributed by atoms with van der Waals surface area (Å²) in [5, 5.41) is 11.6. The Hall–Kier alpha value is -2.68. The van der Waals surface area contributed by atoms with Crippen LogP contribution in [0.5, 0.6) is 0 Å². The molecule has 0 amide bonds. The van der Waals surface area contributed by atoms with Gasteiger partial charge in [0.05, 0.1) is 19.3 Å². The second-order valence-electron chi connectivity index (χ2n) is 11.2. The van der Waals surface area contributed by atoms with Crippen molar-refractivity contribution in [1.29, 1.82) is 0 Å². The molecule has 4 aliphatic carbocycles. The lowest BCUT2D eigenvalue weighted by atomic mass is 9.46. The number of hydrogen-bond donors (Lipinski definition) is 1. The van der Waals surface area contributed by atoms with E-state index < -0.39 is 47.2 Å². The van der Waals surface area contributed by atoms with Crippen LogP contribution < -0.4 is 0 Å². The summed E-state index contributed by atoms with van der Waals surface area (Å²) in [5.41, 5.74) is -1.94. The van der Waals surface area contributed by atoms with Gasteiger partial charge in [-0.3, -0.25) is 9.59 Å². The minimum Gasteiger partial charge on any atom is -0.435 e. The molecular formula is C28H38O9. The standard InChI is InChI=1S/C28H38O9/c1-5-13-35-25(33)37-28(22(31)16-36-24(32)34-6-2)12-10-20-19-8-7-17-14-18(29)9-11-26(17,3)23(19)21(30)15-27(20,28)4/h9,11,14,19-21,23,30H,5-8,10,12-13,15-16H2,1-4H3/t19-,20-,21?,23+,26-,27-,28-/m0/s1. The van der Waals surface area contributed by atoms with Crippen molar-refractivity contribution in [3.63, 3.8) is 0 Å². The molecule has 0 aromatic rings. The Morgan fingerprint density at radius 3 is 2.54 bits per heavy atom. The lowest BCUT2D eigenvalue weighted by molar-refractivity contribution is -0.184. The van der Waals surface area contributed by atoms with Gasteiger partial charge in [0.15, 0.2) is 18.0 Å². The minimum atomic E-state index is -1.61. The van der Waals surface area contributed by atoms with Crippen molar-refractivity contribution in [2.75, 3.05) is 19.8 Å². The van der Waals surface area contributed by atoms with E-state index >= 15 is 0 Å². The number of Topliss-reactive ketones (excluding diaryl/α,β-unsaturated/α-hetero) is 1. The number of allylic oxidation sites excluding steroid dienone is 4. The van der Waals surface area contributed by atoms with E-state index in [-0.39, 0.29) is 49.6 Å². The van der Waals surface area contributed by atoms with E-state index in [0.29, 0.717) is 12.8 Å². The Kier molecular flexibility index (Phi) is 7.57. The van der Waals surface area contributed by atoms with Crippen LogP contribution in [-0.4, -0.2) is 60.5 Å². The third-order valence-electron chi connectivity index (χ3n) is 9.33. The molecule has 37 heavy (non-hydrogen) atoms. The summed E-state index contributed by atoms with van der Waals surface area (Å²) in [4.78, 5) is 50.3. The Morgan fingerprint density at radius 1 is 1.08 bits per heavy atom. The Balaban J connectivity index is 1.67. The number of carbonyl (C=O) groups is 4. The van der Waals surface area contributed by atoms with E-state index in [9.17, 15) is 24.3 Å². The molecular weight excluding hydrogens is 480 g/mol. The molecule has 3 fully saturated rings. The average molecular weight is 519 g/mol.